The molecule has 0 radical (unpaired) electrons. The Bertz CT molecular complexity index is 708. The second kappa shape index (κ2) is 11.0. The third-order valence-electron chi connectivity index (χ3n) is 4.15. The molecule has 27 heavy (non-hydrogen) atoms. The molecule has 0 spiro atoms. The van der Waals surface area contributed by atoms with Gasteiger partial charge in [0.1, 0.15) is 12.7 Å². The maximum atomic E-state index is 12.2. The monoisotopic (exact) mass is 372 g/mol. The average molecular weight is 372 g/mol. The quantitative estimate of drug-likeness (QED) is 0.406. The molecule has 0 saturated carbocycles. The Morgan fingerprint density at radius 2 is 2.37 bits per heavy atom. The topological polar surface area (TPSA) is 100.0 Å². The minimum absolute atomic E-state index is 0.0116. The van der Waals surface area contributed by atoms with E-state index >= 15 is 0 Å². The molecule has 1 aliphatic rings. The van der Waals surface area contributed by atoms with Gasteiger partial charge in [0.25, 0.3) is 0 Å². The lowest BCUT2D eigenvalue weighted by atomic mass is 10.00. The molecule has 2 atom stereocenters. The second-order valence-corrected chi connectivity index (χ2v) is 6.27. The molecule has 1 aromatic rings. The summed E-state index contributed by atoms with van der Waals surface area (Å²) in [6, 6.07) is 3.61. The number of hydrogen-bond acceptors (Lipinski definition) is 5. The number of hydrogen-bond donors (Lipinski definition) is 2. The summed E-state index contributed by atoms with van der Waals surface area (Å²) in [7, 11) is 0. The van der Waals surface area contributed by atoms with Crippen LogP contribution in [-0.4, -0.2) is 57.3 Å². The molecular weight excluding hydrogens is 348 g/mol. The highest BCUT2D eigenvalue weighted by Crippen LogP contribution is 2.19. The molecule has 0 aliphatic carbocycles. The summed E-state index contributed by atoms with van der Waals surface area (Å²) in [6.07, 6.45) is 11.2. The van der Waals surface area contributed by atoms with Crippen LogP contribution in [0.5, 0.6) is 0 Å². The SMILES string of the molecule is O=C(O)CCOC#CCN1C(=O)CCC[C@@H]1/C=C/C(O)Cc1cccnc1. The van der Waals surface area contributed by atoms with Crippen molar-refractivity contribution in [3.8, 4) is 12.0 Å². The van der Waals surface area contributed by atoms with Gasteiger partial charge in [0.05, 0.1) is 25.1 Å². The van der Waals surface area contributed by atoms with E-state index in [-0.39, 0.29) is 31.5 Å². The third-order valence-corrected chi connectivity index (χ3v) is 4.15. The number of likely N-dealkylation sites (tertiary alicyclic amines) is 1. The van der Waals surface area contributed by atoms with E-state index in [1.807, 2.05) is 18.2 Å². The van der Waals surface area contributed by atoms with E-state index in [0.717, 1.165) is 18.4 Å². The molecule has 144 valence electrons. The molecule has 0 aromatic carbocycles. The molecule has 2 rings (SSSR count). The first-order valence-corrected chi connectivity index (χ1v) is 8.92. The van der Waals surface area contributed by atoms with Crippen molar-refractivity contribution in [2.24, 2.45) is 0 Å². The standard InChI is InChI=1S/C20H24N2O5/c23-18(14-16-4-2-10-21-15-16)8-7-17-5-1-6-19(24)22(17)11-3-12-27-13-9-20(25)26/h2,4,7-8,10,15,17-18,23H,1,5-6,9,11,13-14H2,(H,25,26)/b8-7+/t17-,18?/m1/s1. The number of carbonyl (C=O) groups is 2. The maximum Gasteiger partial charge on any atom is 0.306 e. The first kappa shape index (κ1) is 20.5. The fraction of sp³-hybridized carbons (Fsp3) is 0.450. The van der Waals surface area contributed by atoms with E-state index in [2.05, 4.69) is 17.0 Å². The van der Waals surface area contributed by atoms with Crippen molar-refractivity contribution in [3.63, 3.8) is 0 Å². The summed E-state index contributed by atoms with van der Waals surface area (Å²) in [5.41, 5.74) is 0.940. The number of ether oxygens (including phenoxy) is 1. The zero-order valence-electron chi connectivity index (χ0n) is 15.1. The van der Waals surface area contributed by atoms with Gasteiger partial charge >= 0.3 is 5.97 Å². The number of carboxylic acid groups (broad SMARTS) is 1. The van der Waals surface area contributed by atoms with E-state index < -0.39 is 12.1 Å². The highest BCUT2D eigenvalue weighted by molar-refractivity contribution is 5.77. The van der Waals surface area contributed by atoms with E-state index in [1.54, 1.807) is 23.4 Å². The van der Waals surface area contributed by atoms with Crippen LogP contribution < -0.4 is 0 Å². The Kier molecular flexibility index (Phi) is 8.33. The van der Waals surface area contributed by atoms with Crippen molar-refractivity contribution in [2.75, 3.05) is 13.2 Å². The number of aliphatic hydroxyl groups excluding tert-OH is 1. The van der Waals surface area contributed by atoms with Gasteiger partial charge in [0.15, 0.2) is 0 Å². The van der Waals surface area contributed by atoms with Crippen molar-refractivity contribution in [2.45, 2.75) is 44.2 Å². The first-order valence-electron chi connectivity index (χ1n) is 8.92. The Balaban J connectivity index is 1.87. The molecule has 7 heteroatoms. The van der Waals surface area contributed by atoms with Crippen LogP contribution >= 0.6 is 0 Å². The van der Waals surface area contributed by atoms with Crippen LogP contribution in [0.1, 0.15) is 31.2 Å². The predicted molar refractivity (Wildman–Crippen MR) is 98.4 cm³/mol. The highest BCUT2D eigenvalue weighted by Gasteiger charge is 2.25. The zero-order valence-corrected chi connectivity index (χ0v) is 15.1. The third kappa shape index (κ3) is 7.50. The molecule has 7 nitrogen and oxygen atoms in total. The maximum absolute atomic E-state index is 12.2. The van der Waals surface area contributed by atoms with Crippen molar-refractivity contribution < 1.29 is 24.5 Å². The number of aliphatic carboxylic acids is 1. The zero-order chi connectivity index (χ0) is 19.5. The van der Waals surface area contributed by atoms with Gasteiger partial charge in [0.2, 0.25) is 5.91 Å². The number of amides is 1. The van der Waals surface area contributed by atoms with Crippen LogP contribution in [0.15, 0.2) is 36.7 Å². The lowest BCUT2D eigenvalue weighted by Gasteiger charge is -2.32. The Hall–Kier alpha value is -2.85. The van der Waals surface area contributed by atoms with Gasteiger partial charge in [-0.15, -0.1) is 0 Å². The van der Waals surface area contributed by atoms with E-state index in [4.69, 9.17) is 9.84 Å². The van der Waals surface area contributed by atoms with Crippen LogP contribution in [0.3, 0.4) is 0 Å². The molecule has 0 bridgehead atoms. The van der Waals surface area contributed by atoms with Crippen molar-refractivity contribution in [1.29, 1.82) is 0 Å². The Morgan fingerprint density at radius 1 is 1.52 bits per heavy atom. The Labute approximate surface area is 158 Å². The lowest BCUT2D eigenvalue weighted by molar-refractivity contribution is -0.137. The largest absolute Gasteiger partial charge is 0.481 e. The average Bonchev–Trinajstić information content (AvgIpc) is 2.65. The van der Waals surface area contributed by atoms with Gasteiger partial charge in [0, 0.05) is 25.2 Å². The molecule has 2 N–H and O–H groups in total. The normalized spacial score (nSPS) is 18.0. The van der Waals surface area contributed by atoms with Crippen molar-refractivity contribution in [1.82, 2.24) is 9.88 Å². The number of carboxylic acids is 1. The number of nitrogens with zero attached hydrogens (tertiary/aromatic N) is 2. The molecule has 1 fully saturated rings. The molecular formula is C20H24N2O5. The lowest BCUT2D eigenvalue weighted by Crippen LogP contribution is -2.42. The number of rotatable bonds is 8. The number of aromatic nitrogens is 1. The number of pyridine rings is 1. The molecule has 1 amide bonds. The van der Waals surface area contributed by atoms with Crippen LogP contribution in [0.2, 0.25) is 0 Å². The summed E-state index contributed by atoms with van der Waals surface area (Å²) in [4.78, 5) is 28.3. The first-order chi connectivity index (χ1) is 13.1. The molecule has 1 saturated heterocycles. The van der Waals surface area contributed by atoms with E-state index in [0.29, 0.717) is 12.8 Å². The van der Waals surface area contributed by atoms with E-state index in [1.165, 1.54) is 0 Å². The summed E-state index contributed by atoms with van der Waals surface area (Å²) in [5.74, 6) is 1.82. The van der Waals surface area contributed by atoms with Crippen molar-refractivity contribution >= 4 is 11.9 Å². The summed E-state index contributed by atoms with van der Waals surface area (Å²) in [6.45, 7) is 0.222. The molecule has 2 heterocycles. The van der Waals surface area contributed by atoms with Gasteiger partial charge < -0.3 is 19.8 Å². The fourth-order valence-corrected chi connectivity index (χ4v) is 2.80. The number of carbonyl (C=O) groups excluding carboxylic acids is 1. The summed E-state index contributed by atoms with van der Waals surface area (Å²) >= 11 is 0. The van der Waals surface area contributed by atoms with Crippen LogP contribution in [0.25, 0.3) is 0 Å². The van der Waals surface area contributed by atoms with Gasteiger partial charge in [-0.25, -0.2) is 0 Å². The number of piperidine rings is 1. The highest BCUT2D eigenvalue weighted by atomic mass is 16.5. The minimum atomic E-state index is -0.946. The Morgan fingerprint density at radius 3 is 3.11 bits per heavy atom. The second-order valence-electron chi connectivity index (χ2n) is 6.27. The summed E-state index contributed by atoms with van der Waals surface area (Å²) in [5, 5.41) is 18.7. The van der Waals surface area contributed by atoms with E-state index in [9.17, 15) is 14.7 Å². The van der Waals surface area contributed by atoms with Gasteiger partial charge in [-0.3, -0.25) is 14.6 Å². The number of aliphatic hydroxyl groups is 1. The van der Waals surface area contributed by atoms with Crippen LogP contribution in [0.4, 0.5) is 0 Å². The van der Waals surface area contributed by atoms with Crippen LogP contribution in [0, 0.1) is 12.0 Å². The fourth-order valence-electron chi connectivity index (χ4n) is 2.80. The van der Waals surface area contributed by atoms with Gasteiger partial charge in [-0.05, 0) is 30.4 Å². The predicted octanol–water partition coefficient (Wildman–Crippen LogP) is 1.37. The minimum Gasteiger partial charge on any atom is -0.481 e. The smallest absolute Gasteiger partial charge is 0.306 e. The van der Waals surface area contributed by atoms with Gasteiger partial charge in [-0.1, -0.05) is 18.2 Å². The molecule has 1 aliphatic heterocycles. The molecule has 1 aromatic heterocycles. The summed E-state index contributed by atoms with van der Waals surface area (Å²) < 4.78 is 4.93. The van der Waals surface area contributed by atoms with Crippen LogP contribution in [-0.2, 0) is 20.7 Å². The van der Waals surface area contributed by atoms with Crippen molar-refractivity contribution in [3.05, 3.63) is 42.2 Å². The molecule has 1 unspecified atom stereocenters. The van der Waals surface area contributed by atoms with Gasteiger partial charge in [-0.2, -0.15) is 0 Å².